The van der Waals surface area contributed by atoms with Crippen LogP contribution in [-0.4, -0.2) is 16.8 Å². The molecule has 68 valence electrons. The van der Waals surface area contributed by atoms with Gasteiger partial charge >= 0.3 is 0 Å². The Morgan fingerprint density at radius 3 is 2.77 bits per heavy atom. The Kier molecular flexibility index (Phi) is 3.18. The third-order valence-electron chi connectivity index (χ3n) is 1.61. The van der Waals surface area contributed by atoms with Gasteiger partial charge in [-0.2, -0.15) is 0 Å². The zero-order valence-electron chi connectivity index (χ0n) is 7.12. The summed E-state index contributed by atoms with van der Waals surface area (Å²) >= 11 is 0. The van der Waals surface area contributed by atoms with Crippen LogP contribution in [-0.2, 0) is 6.54 Å². The maximum atomic E-state index is 9.34. The Bertz CT molecular complexity index is 328. The lowest BCUT2D eigenvalue weighted by atomic mass is 10.2. The summed E-state index contributed by atoms with van der Waals surface area (Å²) in [5, 5.41) is 21.3. The molecule has 1 rings (SSSR count). The second-order valence-electron chi connectivity index (χ2n) is 2.62. The first-order chi connectivity index (χ1) is 6.24. The van der Waals surface area contributed by atoms with Gasteiger partial charge in [0.05, 0.1) is 6.54 Å². The summed E-state index contributed by atoms with van der Waals surface area (Å²) in [6, 6.07) is 4.47. The van der Waals surface area contributed by atoms with Crippen molar-refractivity contribution in [2.24, 2.45) is 0 Å². The minimum absolute atomic E-state index is 0.0539. The topological polar surface area (TPSA) is 52.5 Å². The highest BCUT2D eigenvalue weighted by Gasteiger charge is 2.00. The van der Waals surface area contributed by atoms with Crippen molar-refractivity contribution in [3.8, 4) is 23.8 Å². The first-order valence-corrected chi connectivity index (χ1v) is 3.89. The highest BCUT2D eigenvalue weighted by molar-refractivity contribution is 5.38. The second-order valence-corrected chi connectivity index (χ2v) is 2.62. The smallest absolute Gasteiger partial charge is 0.123 e. The van der Waals surface area contributed by atoms with E-state index < -0.39 is 0 Å². The first-order valence-electron chi connectivity index (χ1n) is 3.89. The van der Waals surface area contributed by atoms with Gasteiger partial charge in [-0.25, -0.2) is 0 Å². The van der Waals surface area contributed by atoms with E-state index in [1.165, 1.54) is 12.1 Å². The Balaban J connectivity index is 2.62. The van der Waals surface area contributed by atoms with E-state index in [1.54, 1.807) is 6.07 Å². The Morgan fingerprint density at radius 2 is 2.15 bits per heavy atom. The van der Waals surface area contributed by atoms with Crippen molar-refractivity contribution in [1.82, 2.24) is 5.32 Å². The van der Waals surface area contributed by atoms with Crippen LogP contribution in [0.4, 0.5) is 0 Å². The molecule has 3 N–H and O–H groups in total. The van der Waals surface area contributed by atoms with Gasteiger partial charge in [0.1, 0.15) is 11.5 Å². The summed E-state index contributed by atoms with van der Waals surface area (Å²) in [6.45, 7) is 0.955. The van der Waals surface area contributed by atoms with Gasteiger partial charge in [-0.3, -0.25) is 0 Å². The van der Waals surface area contributed by atoms with Crippen LogP contribution < -0.4 is 5.32 Å². The molecule has 13 heavy (non-hydrogen) atoms. The number of nitrogens with one attached hydrogen (secondary N) is 1. The normalized spacial score (nSPS) is 9.46. The van der Waals surface area contributed by atoms with Crippen LogP contribution >= 0.6 is 0 Å². The van der Waals surface area contributed by atoms with Gasteiger partial charge in [-0.15, -0.1) is 6.42 Å². The van der Waals surface area contributed by atoms with Crippen molar-refractivity contribution in [3.05, 3.63) is 23.8 Å². The molecule has 0 atom stereocenters. The molecule has 0 saturated carbocycles. The van der Waals surface area contributed by atoms with Crippen molar-refractivity contribution in [2.75, 3.05) is 6.54 Å². The molecule has 0 heterocycles. The molecule has 0 fully saturated rings. The molecular formula is C10H11NO2. The number of phenols is 2. The lowest BCUT2D eigenvalue weighted by molar-refractivity contribution is 0.444. The van der Waals surface area contributed by atoms with Crippen LogP contribution in [0.3, 0.4) is 0 Å². The summed E-state index contributed by atoms with van der Waals surface area (Å²) in [4.78, 5) is 0. The number of terminal acetylenes is 1. The summed E-state index contributed by atoms with van der Waals surface area (Å²) < 4.78 is 0. The molecule has 3 heteroatoms. The first kappa shape index (κ1) is 9.43. The highest BCUT2D eigenvalue weighted by Crippen LogP contribution is 2.21. The average molecular weight is 177 g/mol. The molecule has 0 amide bonds. The summed E-state index contributed by atoms with van der Waals surface area (Å²) in [5.41, 5.74) is 0.716. The van der Waals surface area contributed by atoms with E-state index in [0.29, 0.717) is 18.7 Å². The number of phenolic OH excluding ortho intramolecular Hbond substituents is 2. The van der Waals surface area contributed by atoms with Crippen LogP contribution in [0.2, 0.25) is 0 Å². The molecule has 0 radical (unpaired) electrons. The number of aromatic hydroxyl groups is 2. The van der Waals surface area contributed by atoms with E-state index in [4.69, 9.17) is 11.5 Å². The molecule has 1 aromatic rings. The van der Waals surface area contributed by atoms with Crippen molar-refractivity contribution in [1.29, 1.82) is 0 Å². The van der Waals surface area contributed by atoms with E-state index >= 15 is 0 Å². The van der Waals surface area contributed by atoms with Crippen LogP contribution in [0.25, 0.3) is 0 Å². The summed E-state index contributed by atoms with van der Waals surface area (Å²) in [6.07, 6.45) is 5.04. The van der Waals surface area contributed by atoms with E-state index in [-0.39, 0.29) is 11.5 Å². The molecule has 0 bridgehead atoms. The Morgan fingerprint density at radius 1 is 1.38 bits per heavy atom. The molecule has 0 aliphatic rings. The minimum Gasteiger partial charge on any atom is -0.508 e. The SMILES string of the molecule is C#CCNCc1ccc(O)cc1O. The quantitative estimate of drug-likeness (QED) is 0.473. The van der Waals surface area contributed by atoms with E-state index in [2.05, 4.69) is 11.2 Å². The molecule has 3 nitrogen and oxygen atoms in total. The molecule has 0 spiro atoms. The maximum Gasteiger partial charge on any atom is 0.123 e. The van der Waals surface area contributed by atoms with Gasteiger partial charge in [0.2, 0.25) is 0 Å². The van der Waals surface area contributed by atoms with E-state index in [1.807, 2.05) is 0 Å². The second kappa shape index (κ2) is 4.39. The average Bonchev–Trinajstić information content (AvgIpc) is 2.09. The fourth-order valence-electron chi connectivity index (χ4n) is 0.971. The summed E-state index contributed by atoms with van der Waals surface area (Å²) in [5.74, 6) is 2.55. The predicted octanol–water partition coefficient (Wildman–Crippen LogP) is 0.821. The third kappa shape index (κ3) is 2.69. The molecule has 0 saturated heterocycles. The number of hydrogen-bond donors (Lipinski definition) is 3. The molecule has 0 unspecified atom stereocenters. The van der Waals surface area contributed by atoms with Gasteiger partial charge in [-0.05, 0) is 6.07 Å². The lowest BCUT2D eigenvalue weighted by Crippen LogP contribution is -2.12. The van der Waals surface area contributed by atoms with Crippen molar-refractivity contribution < 1.29 is 10.2 Å². The van der Waals surface area contributed by atoms with Gasteiger partial charge < -0.3 is 15.5 Å². The zero-order valence-corrected chi connectivity index (χ0v) is 7.12. The zero-order chi connectivity index (χ0) is 9.68. The van der Waals surface area contributed by atoms with Crippen molar-refractivity contribution in [3.63, 3.8) is 0 Å². The highest BCUT2D eigenvalue weighted by atomic mass is 16.3. The van der Waals surface area contributed by atoms with Gasteiger partial charge in [0, 0.05) is 18.2 Å². The Hall–Kier alpha value is -1.66. The fraction of sp³-hybridized carbons (Fsp3) is 0.200. The fourth-order valence-corrected chi connectivity index (χ4v) is 0.971. The largest absolute Gasteiger partial charge is 0.508 e. The molecule has 0 aliphatic carbocycles. The van der Waals surface area contributed by atoms with Crippen molar-refractivity contribution in [2.45, 2.75) is 6.54 Å². The minimum atomic E-state index is 0.0539. The van der Waals surface area contributed by atoms with Crippen LogP contribution in [0, 0.1) is 12.3 Å². The third-order valence-corrected chi connectivity index (χ3v) is 1.61. The van der Waals surface area contributed by atoms with Crippen LogP contribution in [0.1, 0.15) is 5.56 Å². The van der Waals surface area contributed by atoms with Gasteiger partial charge in [-0.1, -0.05) is 12.0 Å². The van der Waals surface area contributed by atoms with Gasteiger partial charge in [0.25, 0.3) is 0 Å². The van der Waals surface area contributed by atoms with Crippen LogP contribution in [0.15, 0.2) is 18.2 Å². The molecule has 0 aromatic heterocycles. The van der Waals surface area contributed by atoms with E-state index in [9.17, 15) is 5.11 Å². The number of benzene rings is 1. The predicted molar refractivity (Wildman–Crippen MR) is 50.3 cm³/mol. The molecular weight excluding hydrogens is 166 g/mol. The monoisotopic (exact) mass is 177 g/mol. The molecule has 0 aliphatic heterocycles. The molecule has 1 aromatic carbocycles. The Labute approximate surface area is 77.0 Å². The number of rotatable bonds is 3. The lowest BCUT2D eigenvalue weighted by Gasteiger charge is -2.04. The summed E-state index contributed by atoms with van der Waals surface area (Å²) in [7, 11) is 0. The van der Waals surface area contributed by atoms with Crippen molar-refractivity contribution >= 4 is 0 Å². The van der Waals surface area contributed by atoms with Crippen LogP contribution in [0.5, 0.6) is 11.5 Å². The maximum absolute atomic E-state index is 9.34. The standard InChI is InChI=1S/C10H11NO2/c1-2-5-11-7-8-3-4-9(12)6-10(8)13/h1,3-4,6,11-13H,5,7H2. The number of hydrogen-bond acceptors (Lipinski definition) is 3. The van der Waals surface area contributed by atoms with E-state index in [0.717, 1.165) is 0 Å². The van der Waals surface area contributed by atoms with Gasteiger partial charge in [0.15, 0.2) is 0 Å².